The van der Waals surface area contributed by atoms with Gasteiger partial charge in [-0.05, 0) is 58.6 Å². The molecule has 0 aliphatic rings. The molecule has 11 nitrogen and oxygen atoms in total. The highest BCUT2D eigenvalue weighted by Crippen LogP contribution is 2.28. The van der Waals surface area contributed by atoms with Crippen LogP contribution in [0.1, 0.15) is 102 Å². The number of ether oxygens (including phenoxy) is 2. The van der Waals surface area contributed by atoms with E-state index in [9.17, 15) is 24.0 Å². The van der Waals surface area contributed by atoms with Crippen molar-refractivity contribution in [3.63, 3.8) is 0 Å². The predicted molar refractivity (Wildman–Crippen MR) is 160 cm³/mol. The second kappa shape index (κ2) is 18.0. The van der Waals surface area contributed by atoms with E-state index >= 15 is 0 Å². The molecule has 1 aromatic rings. The third kappa shape index (κ3) is 13.4. The lowest BCUT2D eigenvalue weighted by atomic mass is 9.95. The Morgan fingerprint density at radius 2 is 1.64 bits per heavy atom. The zero-order valence-electron chi connectivity index (χ0n) is 26.3. The van der Waals surface area contributed by atoms with Crippen LogP contribution in [-0.4, -0.2) is 66.5 Å². The van der Waals surface area contributed by atoms with Gasteiger partial charge < -0.3 is 30.7 Å². The number of nitrogens with zero attached hydrogens (tertiary/aromatic N) is 1. The second-order valence-corrected chi connectivity index (χ2v) is 11.6. The van der Waals surface area contributed by atoms with Crippen LogP contribution < -0.4 is 16.4 Å². The lowest BCUT2D eigenvalue weighted by Gasteiger charge is -2.35. The maximum Gasteiger partial charge on any atom is 0.408 e. The molecule has 42 heavy (non-hydrogen) atoms. The number of carbonyl (C=O) groups excluding carboxylic acids is 5. The summed E-state index contributed by atoms with van der Waals surface area (Å²) < 4.78 is 10.1. The number of methoxy groups -OCH3 is 1. The number of alkyl carbamates (subject to hydrolysis) is 1. The zero-order chi connectivity index (χ0) is 31.9. The first-order chi connectivity index (χ1) is 19.7. The van der Waals surface area contributed by atoms with Gasteiger partial charge in [0.1, 0.15) is 24.2 Å². The van der Waals surface area contributed by atoms with Crippen LogP contribution in [0.5, 0.6) is 0 Å². The lowest BCUT2D eigenvalue weighted by molar-refractivity contribution is -0.145. The molecule has 0 aliphatic heterocycles. The number of amides is 4. The predicted octanol–water partition coefficient (Wildman–Crippen LogP) is 3.98. The van der Waals surface area contributed by atoms with Gasteiger partial charge in [0.05, 0.1) is 7.11 Å². The largest absolute Gasteiger partial charge is 0.468 e. The molecule has 1 aromatic carbocycles. The van der Waals surface area contributed by atoms with Gasteiger partial charge in [-0.3, -0.25) is 19.2 Å². The molecule has 0 radical (unpaired) electrons. The van der Waals surface area contributed by atoms with Crippen LogP contribution >= 0.6 is 0 Å². The number of benzene rings is 1. The summed E-state index contributed by atoms with van der Waals surface area (Å²) in [5, 5.41) is 5.18. The zero-order valence-corrected chi connectivity index (χ0v) is 26.3. The highest BCUT2D eigenvalue weighted by molar-refractivity contribution is 5.93. The first-order valence-electron chi connectivity index (χ1n) is 14.7. The lowest BCUT2D eigenvalue weighted by Crippen LogP contribution is -2.53. The van der Waals surface area contributed by atoms with Crippen LogP contribution in [0.25, 0.3) is 0 Å². The van der Waals surface area contributed by atoms with Crippen molar-refractivity contribution < 1.29 is 33.4 Å². The van der Waals surface area contributed by atoms with Gasteiger partial charge in [-0.25, -0.2) is 4.79 Å². The fourth-order valence-electron chi connectivity index (χ4n) is 4.53. The average Bonchev–Trinajstić information content (AvgIpc) is 2.90. The summed E-state index contributed by atoms with van der Waals surface area (Å²) in [6, 6.07) is 3.24. The maximum atomic E-state index is 14.2. The summed E-state index contributed by atoms with van der Waals surface area (Å²) in [6.45, 7) is 10.8. The Morgan fingerprint density at radius 3 is 2.21 bits per heavy atom. The molecule has 1 rings (SSSR count). The monoisotopic (exact) mass is 590 g/mol. The number of nitrogens with two attached hydrogens (primary N) is 1. The number of primary amides is 1. The molecular formula is C31H50N4O7. The number of esters is 1. The number of carbonyl (C=O) groups is 5. The van der Waals surface area contributed by atoms with Crippen LogP contribution in [0.4, 0.5) is 4.79 Å². The van der Waals surface area contributed by atoms with Crippen molar-refractivity contribution in [2.24, 2.45) is 5.73 Å². The molecule has 0 aromatic heterocycles. The van der Waals surface area contributed by atoms with Gasteiger partial charge in [0.15, 0.2) is 0 Å². The first-order valence-corrected chi connectivity index (χ1v) is 14.7. The average molecular weight is 591 g/mol. The van der Waals surface area contributed by atoms with Gasteiger partial charge in [0.2, 0.25) is 17.7 Å². The number of aryl methyl sites for hydroxylation is 2. The third-order valence-electron chi connectivity index (χ3n) is 6.62. The van der Waals surface area contributed by atoms with E-state index in [1.807, 2.05) is 26.0 Å². The maximum absolute atomic E-state index is 14.2. The molecule has 0 saturated heterocycles. The van der Waals surface area contributed by atoms with Crippen molar-refractivity contribution in [3.8, 4) is 0 Å². The Hall–Kier alpha value is -3.63. The molecule has 0 aliphatic carbocycles. The van der Waals surface area contributed by atoms with Gasteiger partial charge in [0, 0.05) is 13.0 Å². The minimum atomic E-state index is -1.19. The summed E-state index contributed by atoms with van der Waals surface area (Å²) in [5.74, 6) is -2.41. The molecule has 2 unspecified atom stereocenters. The molecule has 0 fully saturated rings. The quantitative estimate of drug-likeness (QED) is 0.183. The van der Waals surface area contributed by atoms with E-state index in [4.69, 9.17) is 10.5 Å². The molecule has 4 amide bonds. The molecule has 0 bridgehead atoms. The van der Waals surface area contributed by atoms with Crippen LogP contribution in [0, 0.1) is 13.8 Å². The Balaban J connectivity index is 3.55. The molecular weight excluding hydrogens is 540 g/mol. The number of hydrogen-bond acceptors (Lipinski definition) is 7. The van der Waals surface area contributed by atoms with E-state index in [1.54, 1.807) is 26.8 Å². The Bertz CT molecular complexity index is 1070. The Kier molecular flexibility index (Phi) is 15.6. The van der Waals surface area contributed by atoms with Crippen molar-refractivity contribution in [2.45, 2.75) is 111 Å². The number of unbranched alkanes of at least 4 members (excludes halogenated alkanes) is 5. The van der Waals surface area contributed by atoms with Gasteiger partial charge in [0.25, 0.3) is 0 Å². The van der Waals surface area contributed by atoms with E-state index in [2.05, 4.69) is 22.3 Å². The smallest absolute Gasteiger partial charge is 0.408 e. The minimum Gasteiger partial charge on any atom is -0.468 e. The SMILES string of the molecule is CCCCCCCCN(C(=O)C(CCC(N)=O)NC(=O)OC(C)(C)C)C(C(=O)NCC(=O)OC)c1ccc(C)cc1C. The summed E-state index contributed by atoms with van der Waals surface area (Å²) in [4.78, 5) is 65.6. The molecule has 236 valence electrons. The Labute approximate surface area is 250 Å². The van der Waals surface area contributed by atoms with Crippen molar-refractivity contribution >= 4 is 29.8 Å². The summed E-state index contributed by atoms with van der Waals surface area (Å²) in [7, 11) is 1.22. The van der Waals surface area contributed by atoms with Crippen molar-refractivity contribution in [2.75, 3.05) is 20.2 Å². The van der Waals surface area contributed by atoms with Crippen molar-refractivity contribution in [3.05, 3.63) is 34.9 Å². The Morgan fingerprint density at radius 1 is 1.00 bits per heavy atom. The molecule has 4 N–H and O–H groups in total. The molecule has 11 heteroatoms. The van der Waals surface area contributed by atoms with Gasteiger partial charge >= 0.3 is 12.1 Å². The molecule has 0 spiro atoms. The standard InChI is InChI=1S/C31H50N4O7/c1-8-9-10-11-12-13-18-35(29(39)24(16-17-25(32)36)34-30(40)42-31(4,5)6)27(28(38)33-20-26(37)41-7)23-15-14-21(2)19-22(23)3/h14-15,19,24,27H,8-13,16-18,20H2,1-7H3,(H2,32,36)(H,33,38)(H,34,40). The van der Waals surface area contributed by atoms with E-state index < -0.39 is 47.5 Å². The molecule has 0 saturated carbocycles. The van der Waals surface area contributed by atoms with Gasteiger partial charge in [-0.1, -0.05) is 62.8 Å². The van der Waals surface area contributed by atoms with Crippen molar-refractivity contribution in [1.29, 1.82) is 0 Å². The van der Waals surface area contributed by atoms with Crippen molar-refractivity contribution in [1.82, 2.24) is 15.5 Å². The third-order valence-corrected chi connectivity index (χ3v) is 6.62. The number of nitrogens with one attached hydrogen (secondary N) is 2. The fourth-order valence-corrected chi connectivity index (χ4v) is 4.53. The fraction of sp³-hybridized carbons (Fsp3) is 0.645. The highest BCUT2D eigenvalue weighted by Gasteiger charge is 2.37. The highest BCUT2D eigenvalue weighted by atomic mass is 16.6. The summed E-state index contributed by atoms with van der Waals surface area (Å²) >= 11 is 0. The minimum absolute atomic E-state index is 0.0796. The molecule has 0 heterocycles. The van der Waals surface area contributed by atoms with Gasteiger partial charge in [-0.2, -0.15) is 0 Å². The number of rotatable bonds is 17. The molecule has 2 atom stereocenters. The van der Waals surface area contributed by atoms with Crippen LogP contribution in [0.2, 0.25) is 0 Å². The van der Waals surface area contributed by atoms with Crippen LogP contribution in [0.15, 0.2) is 18.2 Å². The van der Waals surface area contributed by atoms with E-state index in [0.29, 0.717) is 12.0 Å². The second-order valence-electron chi connectivity index (χ2n) is 11.6. The van der Waals surface area contributed by atoms with Gasteiger partial charge in [-0.15, -0.1) is 0 Å². The van der Waals surface area contributed by atoms with E-state index in [0.717, 1.165) is 43.2 Å². The normalized spacial score (nSPS) is 12.5. The first kappa shape index (κ1) is 36.4. The van der Waals surface area contributed by atoms with E-state index in [1.165, 1.54) is 12.0 Å². The summed E-state index contributed by atoms with van der Waals surface area (Å²) in [6.07, 6.45) is 4.60. The van der Waals surface area contributed by atoms with Crippen LogP contribution in [0.3, 0.4) is 0 Å². The summed E-state index contributed by atoms with van der Waals surface area (Å²) in [5.41, 5.74) is 6.90. The van der Waals surface area contributed by atoms with Crippen LogP contribution in [-0.2, 0) is 28.7 Å². The topological polar surface area (TPSA) is 157 Å². The number of hydrogen-bond donors (Lipinski definition) is 3. The van der Waals surface area contributed by atoms with E-state index in [-0.39, 0.29) is 25.9 Å².